The molecule has 1 amide bonds. The number of nitrogens with one attached hydrogen (secondary N) is 2. The fraction of sp³-hybridized carbons (Fsp3) is 0.875. The van der Waals surface area contributed by atoms with Crippen LogP contribution in [-0.2, 0) is 4.79 Å². The van der Waals surface area contributed by atoms with Crippen molar-refractivity contribution in [1.82, 2.24) is 10.6 Å². The van der Waals surface area contributed by atoms with Crippen LogP contribution >= 0.6 is 12.6 Å². The molecule has 0 aromatic carbocycles. The number of likely N-dealkylation sites (N-methyl/N-ethyl adjacent to an activating group) is 1. The second-order valence-corrected chi connectivity index (χ2v) is 3.32. The maximum Gasteiger partial charge on any atom is 0.238 e. The first-order valence-electron chi connectivity index (χ1n) is 4.26. The lowest BCUT2D eigenvalue weighted by molar-refractivity contribution is -0.123. The van der Waals surface area contributed by atoms with Crippen molar-refractivity contribution in [3.8, 4) is 0 Å². The molecule has 1 unspecified atom stereocenters. The van der Waals surface area contributed by atoms with E-state index in [9.17, 15) is 4.79 Å². The summed E-state index contributed by atoms with van der Waals surface area (Å²) in [4.78, 5) is 11.4. The Kier molecular flexibility index (Phi) is 6.20. The summed E-state index contributed by atoms with van der Waals surface area (Å²) < 4.78 is 0. The number of hydrogen-bond donors (Lipinski definition) is 3. The van der Waals surface area contributed by atoms with E-state index in [1.54, 1.807) is 0 Å². The molecule has 3 nitrogen and oxygen atoms in total. The quantitative estimate of drug-likeness (QED) is 0.550. The van der Waals surface area contributed by atoms with E-state index in [-0.39, 0.29) is 18.0 Å². The van der Waals surface area contributed by atoms with Gasteiger partial charge in [0.25, 0.3) is 0 Å². The van der Waals surface area contributed by atoms with Gasteiger partial charge in [-0.2, -0.15) is 12.6 Å². The highest BCUT2D eigenvalue weighted by Crippen LogP contribution is 1.89. The first-order valence-corrected chi connectivity index (χ1v) is 4.89. The van der Waals surface area contributed by atoms with Crippen LogP contribution in [0.1, 0.15) is 20.8 Å². The zero-order valence-corrected chi connectivity index (χ0v) is 8.82. The lowest BCUT2D eigenvalue weighted by Gasteiger charge is -2.16. The third-order valence-electron chi connectivity index (χ3n) is 1.38. The van der Waals surface area contributed by atoms with Crippen LogP contribution in [0.15, 0.2) is 0 Å². The minimum Gasteiger partial charge on any atom is -0.353 e. The molecule has 0 aliphatic carbocycles. The lowest BCUT2D eigenvalue weighted by Crippen LogP contribution is -2.47. The molecule has 0 rings (SSSR count). The molecule has 4 heteroatoms. The van der Waals surface area contributed by atoms with Crippen molar-refractivity contribution < 1.29 is 4.79 Å². The Labute approximate surface area is 79.7 Å². The van der Waals surface area contributed by atoms with Gasteiger partial charge in [-0.25, -0.2) is 0 Å². The number of carbonyl (C=O) groups is 1. The molecule has 0 aliphatic heterocycles. The van der Waals surface area contributed by atoms with Gasteiger partial charge in [-0.05, 0) is 20.4 Å². The van der Waals surface area contributed by atoms with Crippen molar-refractivity contribution >= 4 is 18.5 Å². The van der Waals surface area contributed by atoms with Gasteiger partial charge in [0.15, 0.2) is 0 Å². The molecule has 0 fully saturated rings. The average molecular weight is 190 g/mol. The molecular formula is C8H18N2OS. The Hall–Kier alpha value is -0.220. The summed E-state index contributed by atoms with van der Waals surface area (Å²) in [7, 11) is 0. The fourth-order valence-corrected chi connectivity index (χ4v) is 1.17. The zero-order valence-electron chi connectivity index (χ0n) is 7.92. The fourth-order valence-electron chi connectivity index (χ4n) is 0.872. The predicted octanol–water partition coefficient (Wildman–Crippen LogP) is 0.419. The van der Waals surface area contributed by atoms with Crippen LogP contribution in [-0.4, -0.2) is 30.3 Å². The van der Waals surface area contributed by atoms with Gasteiger partial charge in [-0.1, -0.05) is 6.92 Å². The van der Waals surface area contributed by atoms with E-state index < -0.39 is 0 Å². The summed E-state index contributed by atoms with van der Waals surface area (Å²) in [5, 5.41) is 5.88. The smallest absolute Gasteiger partial charge is 0.238 e. The van der Waals surface area contributed by atoms with E-state index in [0.717, 1.165) is 6.54 Å². The molecule has 0 aromatic heterocycles. The van der Waals surface area contributed by atoms with Crippen LogP contribution in [0.3, 0.4) is 0 Å². The second-order valence-electron chi connectivity index (χ2n) is 2.96. The molecule has 72 valence electrons. The summed E-state index contributed by atoms with van der Waals surface area (Å²) in [6, 6.07) is 0.0271. The molecule has 1 atom stereocenters. The van der Waals surface area contributed by atoms with E-state index in [1.807, 2.05) is 20.8 Å². The summed E-state index contributed by atoms with van der Waals surface area (Å²) in [5.41, 5.74) is 0. The van der Waals surface area contributed by atoms with Gasteiger partial charge in [0.2, 0.25) is 5.91 Å². The van der Waals surface area contributed by atoms with E-state index in [4.69, 9.17) is 0 Å². The Morgan fingerprint density at radius 2 is 2.08 bits per heavy atom. The average Bonchev–Trinajstić information content (AvgIpc) is 1.98. The van der Waals surface area contributed by atoms with Crippen LogP contribution in [0.4, 0.5) is 0 Å². The third-order valence-corrected chi connectivity index (χ3v) is 1.75. The third kappa shape index (κ3) is 4.62. The number of rotatable bonds is 5. The second kappa shape index (κ2) is 6.31. The Morgan fingerprint density at radius 1 is 1.50 bits per heavy atom. The number of thiol groups is 1. The zero-order chi connectivity index (χ0) is 9.56. The summed E-state index contributed by atoms with van der Waals surface area (Å²) in [6.07, 6.45) is 0. The highest BCUT2D eigenvalue weighted by molar-refractivity contribution is 7.80. The maximum absolute atomic E-state index is 11.4. The highest BCUT2D eigenvalue weighted by atomic mass is 32.1. The standard InChI is InChI=1S/C8H18N2OS/c1-4-9-7(5-12)8(11)10-6(2)3/h6-7,9,12H,4-5H2,1-3H3,(H,10,11). The van der Waals surface area contributed by atoms with Crippen LogP contribution in [0.2, 0.25) is 0 Å². The predicted molar refractivity (Wildman–Crippen MR) is 54.6 cm³/mol. The van der Waals surface area contributed by atoms with Crippen molar-refractivity contribution in [3.63, 3.8) is 0 Å². The van der Waals surface area contributed by atoms with Crippen LogP contribution in [0.25, 0.3) is 0 Å². The SMILES string of the molecule is CCNC(CS)C(=O)NC(C)C. The van der Waals surface area contributed by atoms with Gasteiger partial charge >= 0.3 is 0 Å². The van der Waals surface area contributed by atoms with E-state index in [1.165, 1.54) is 0 Å². The Bertz CT molecular complexity index is 139. The van der Waals surface area contributed by atoms with Crippen LogP contribution < -0.4 is 10.6 Å². The first kappa shape index (κ1) is 11.8. The molecule has 12 heavy (non-hydrogen) atoms. The summed E-state index contributed by atoms with van der Waals surface area (Å²) in [5.74, 6) is 0.564. The Morgan fingerprint density at radius 3 is 2.42 bits per heavy atom. The Balaban J connectivity index is 3.85. The lowest BCUT2D eigenvalue weighted by atomic mass is 10.3. The van der Waals surface area contributed by atoms with Crippen molar-refractivity contribution in [2.24, 2.45) is 0 Å². The van der Waals surface area contributed by atoms with Gasteiger partial charge < -0.3 is 10.6 Å². The summed E-state index contributed by atoms with van der Waals surface area (Å²) in [6.45, 7) is 6.65. The minimum absolute atomic E-state index is 0.0295. The number of amides is 1. The monoisotopic (exact) mass is 190 g/mol. The summed E-state index contributed by atoms with van der Waals surface area (Å²) >= 11 is 4.09. The number of carbonyl (C=O) groups excluding carboxylic acids is 1. The molecule has 0 bridgehead atoms. The van der Waals surface area contributed by atoms with E-state index in [2.05, 4.69) is 23.3 Å². The van der Waals surface area contributed by atoms with E-state index >= 15 is 0 Å². The topological polar surface area (TPSA) is 41.1 Å². The molecule has 0 spiro atoms. The van der Waals surface area contributed by atoms with Gasteiger partial charge in [0.05, 0.1) is 6.04 Å². The molecule has 2 N–H and O–H groups in total. The minimum atomic E-state index is -0.166. The van der Waals surface area contributed by atoms with Gasteiger partial charge in [-0.15, -0.1) is 0 Å². The van der Waals surface area contributed by atoms with Crippen molar-refractivity contribution in [3.05, 3.63) is 0 Å². The van der Waals surface area contributed by atoms with Crippen LogP contribution in [0.5, 0.6) is 0 Å². The molecule has 0 saturated carbocycles. The maximum atomic E-state index is 11.4. The highest BCUT2D eigenvalue weighted by Gasteiger charge is 2.15. The van der Waals surface area contributed by atoms with Gasteiger partial charge in [0.1, 0.15) is 0 Å². The molecule has 0 saturated heterocycles. The number of hydrogen-bond acceptors (Lipinski definition) is 3. The molecular weight excluding hydrogens is 172 g/mol. The van der Waals surface area contributed by atoms with Gasteiger partial charge in [-0.3, -0.25) is 4.79 Å². The van der Waals surface area contributed by atoms with Gasteiger partial charge in [0, 0.05) is 11.8 Å². The van der Waals surface area contributed by atoms with Crippen LogP contribution in [0, 0.1) is 0 Å². The van der Waals surface area contributed by atoms with E-state index in [0.29, 0.717) is 5.75 Å². The first-order chi connectivity index (χ1) is 5.61. The molecule has 0 aromatic rings. The normalized spacial score (nSPS) is 13.1. The largest absolute Gasteiger partial charge is 0.353 e. The van der Waals surface area contributed by atoms with Crippen molar-refractivity contribution in [2.45, 2.75) is 32.9 Å². The molecule has 0 heterocycles. The molecule has 0 radical (unpaired) electrons. The van der Waals surface area contributed by atoms with Crippen molar-refractivity contribution in [2.75, 3.05) is 12.3 Å². The van der Waals surface area contributed by atoms with Crippen molar-refractivity contribution in [1.29, 1.82) is 0 Å². The molecule has 0 aliphatic rings.